The number of ether oxygens (including phenoxy) is 1. The van der Waals surface area contributed by atoms with Crippen molar-refractivity contribution < 1.29 is 27.2 Å². The molecule has 0 radical (unpaired) electrons. The van der Waals surface area contributed by atoms with Gasteiger partial charge in [-0.05, 0) is 19.8 Å². The van der Waals surface area contributed by atoms with Gasteiger partial charge >= 0.3 is 12.1 Å². The lowest BCUT2D eigenvalue weighted by Crippen LogP contribution is -2.13. The predicted molar refractivity (Wildman–Crippen MR) is 69.6 cm³/mol. The number of halogens is 3. The molecule has 0 saturated heterocycles. The fourth-order valence-electron chi connectivity index (χ4n) is 1.49. The zero-order chi connectivity index (χ0) is 14.7. The zero-order valence-corrected chi connectivity index (χ0v) is 12.3. The number of hydrogen-bond donors (Lipinski definition) is 0. The Bertz CT molecular complexity index is 247. The van der Waals surface area contributed by atoms with E-state index in [0.29, 0.717) is 19.4 Å². The molecule has 0 aliphatic heterocycles. The average Bonchev–Trinajstić information content (AvgIpc) is 2.31. The highest BCUT2D eigenvalue weighted by Gasteiger charge is 2.25. The van der Waals surface area contributed by atoms with Crippen LogP contribution in [0.15, 0.2) is 0 Å². The molecule has 114 valence electrons. The highest BCUT2D eigenvalue weighted by atomic mass is 31.0. The van der Waals surface area contributed by atoms with Gasteiger partial charge in [0.1, 0.15) is 0 Å². The van der Waals surface area contributed by atoms with Crippen LogP contribution in [-0.2, 0) is 14.1 Å². The summed E-state index contributed by atoms with van der Waals surface area (Å²) >= 11 is 0. The second kappa shape index (κ2) is 10.4. The molecule has 2 atom stereocenters. The topological polar surface area (TPSA) is 35.5 Å². The third kappa shape index (κ3) is 13.9. The molecule has 0 aromatic carbocycles. The number of carbonyl (C=O) groups excluding carboxylic acids is 1. The van der Waals surface area contributed by atoms with Crippen LogP contribution in [0.1, 0.15) is 51.9 Å². The summed E-state index contributed by atoms with van der Waals surface area (Å²) < 4.78 is 45.3. The summed E-state index contributed by atoms with van der Waals surface area (Å²) in [6, 6.07) is 0. The van der Waals surface area contributed by atoms with Crippen molar-refractivity contribution in [2.45, 2.75) is 64.1 Å². The average molecular weight is 302 g/mol. The van der Waals surface area contributed by atoms with Crippen molar-refractivity contribution in [3.8, 4) is 0 Å². The Balaban J connectivity index is 3.29. The fourth-order valence-corrected chi connectivity index (χ4v) is 1.58. The van der Waals surface area contributed by atoms with Crippen LogP contribution in [-0.4, -0.2) is 24.9 Å². The van der Waals surface area contributed by atoms with Crippen LogP contribution in [0, 0.1) is 0 Å². The molecule has 0 bridgehead atoms. The minimum absolute atomic E-state index is 0.173. The predicted octanol–water partition coefficient (Wildman–Crippen LogP) is 4.02. The molecule has 7 heteroatoms. The molecule has 0 saturated carbocycles. The second-order valence-electron chi connectivity index (χ2n) is 4.50. The molecule has 2 unspecified atom stereocenters. The first kappa shape index (κ1) is 18.7. The molecule has 0 amide bonds. The molecule has 0 aliphatic rings. The van der Waals surface area contributed by atoms with Gasteiger partial charge in [0.15, 0.2) is 0 Å². The van der Waals surface area contributed by atoms with Crippen LogP contribution in [0.3, 0.4) is 0 Å². The first-order valence-corrected chi connectivity index (χ1v) is 6.90. The van der Waals surface area contributed by atoms with E-state index in [4.69, 9.17) is 9.26 Å². The Morgan fingerprint density at radius 3 is 2.32 bits per heavy atom. The van der Waals surface area contributed by atoms with Crippen LogP contribution in [0.25, 0.3) is 0 Å². The molecule has 0 aliphatic carbocycles. The summed E-state index contributed by atoms with van der Waals surface area (Å²) in [7, 11) is 2.09. The van der Waals surface area contributed by atoms with Crippen LogP contribution in [0.5, 0.6) is 0 Å². The molecular weight excluding hydrogens is 280 g/mol. The molecule has 0 aromatic heterocycles. The SMILES string of the molecule is CC(CC(=O)OCCCCCCCC(F)(F)F)OP. The van der Waals surface area contributed by atoms with Crippen LogP contribution in [0.4, 0.5) is 13.2 Å². The maximum Gasteiger partial charge on any atom is 0.389 e. The standard InChI is InChI=1S/C12H22F3O3P/c1-10(18-19)9-11(16)17-8-6-4-2-3-5-7-12(13,14)15/h10H,2-9,19H2,1H3. The normalized spacial score (nSPS) is 13.3. The van der Waals surface area contributed by atoms with Gasteiger partial charge in [-0.25, -0.2) is 0 Å². The van der Waals surface area contributed by atoms with E-state index in [1.165, 1.54) is 0 Å². The van der Waals surface area contributed by atoms with Crippen LogP contribution >= 0.6 is 9.47 Å². The molecular formula is C12H22F3O3P. The number of hydrogen-bond acceptors (Lipinski definition) is 3. The van der Waals surface area contributed by atoms with Crippen molar-refractivity contribution in [2.75, 3.05) is 6.61 Å². The minimum Gasteiger partial charge on any atom is -0.466 e. The van der Waals surface area contributed by atoms with Crippen molar-refractivity contribution in [3.05, 3.63) is 0 Å². The maximum absolute atomic E-state index is 11.8. The largest absolute Gasteiger partial charge is 0.466 e. The number of esters is 1. The van der Waals surface area contributed by atoms with Gasteiger partial charge in [-0.15, -0.1) is 0 Å². The lowest BCUT2D eigenvalue weighted by atomic mass is 10.1. The lowest BCUT2D eigenvalue weighted by Gasteiger charge is -2.09. The number of alkyl halides is 3. The highest BCUT2D eigenvalue weighted by Crippen LogP contribution is 2.22. The second-order valence-corrected chi connectivity index (χ2v) is 4.78. The summed E-state index contributed by atoms with van der Waals surface area (Å²) in [4.78, 5) is 11.2. The van der Waals surface area contributed by atoms with Crippen LogP contribution < -0.4 is 0 Å². The van der Waals surface area contributed by atoms with E-state index >= 15 is 0 Å². The molecule has 0 N–H and O–H groups in total. The van der Waals surface area contributed by atoms with Crippen molar-refractivity contribution in [1.82, 2.24) is 0 Å². The summed E-state index contributed by atoms with van der Waals surface area (Å²) in [5, 5.41) is 0. The number of carbonyl (C=O) groups is 1. The molecule has 0 spiro atoms. The van der Waals surface area contributed by atoms with Gasteiger partial charge in [0.2, 0.25) is 0 Å². The smallest absolute Gasteiger partial charge is 0.389 e. The Morgan fingerprint density at radius 2 is 1.74 bits per heavy atom. The third-order valence-corrected chi connectivity index (χ3v) is 3.02. The monoisotopic (exact) mass is 302 g/mol. The van der Waals surface area contributed by atoms with E-state index < -0.39 is 12.6 Å². The Morgan fingerprint density at radius 1 is 1.16 bits per heavy atom. The summed E-state index contributed by atoms with van der Waals surface area (Å²) in [6.45, 7) is 2.08. The van der Waals surface area contributed by atoms with Gasteiger partial charge < -0.3 is 9.26 Å². The quantitative estimate of drug-likeness (QED) is 0.347. The van der Waals surface area contributed by atoms with Crippen molar-refractivity contribution in [2.24, 2.45) is 0 Å². The van der Waals surface area contributed by atoms with Gasteiger partial charge in [0, 0.05) is 15.9 Å². The van der Waals surface area contributed by atoms with Gasteiger partial charge in [-0.2, -0.15) is 13.2 Å². The van der Waals surface area contributed by atoms with Gasteiger partial charge in [0.25, 0.3) is 0 Å². The van der Waals surface area contributed by atoms with E-state index in [1.54, 1.807) is 6.92 Å². The van der Waals surface area contributed by atoms with Crippen molar-refractivity contribution in [1.29, 1.82) is 0 Å². The summed E-state index contributed by atoms with van der Waals surface area (Å²) in [5.74, 6) is -0.313. The lowest BCUT2D eigenvalue weighted by molar-refractivity contribution is -0.145. The molecule has 0 aromatic rings. The maximum atomic E-state index is 11.8. The molecule has 0 rings (SSSR count). The Labute approximate surface area is 114 Å². The van der Waals surface area contributed by atoms with Gasteiger partial charge in [-0.3, -0.25) is 4.79 Å². The third-order valence-electron chi connectivity index (χ3n) is 2.55. The Hall–Kier alpha value is -0.350. The van der Waals surface area contributed by atoms with E-state index in [1.807, 2.05) is 0 Å². The minimum atomic E-state index is -4.05. The van der Waals surface area contributed by atoms with E-state index in [2.05, 4.69) is 9.47 Å². The Kier molecular flexibility index (Phi) is 10.2. The molecule has 0 heterocycles. The zero-order valence-electron chi connectivity index (χ0n) is 11.2. The number of unbranched alkanes of at least 4 members (excludes halogenated alkanes) is 4. The van der Waals surface area contributed by atoms with Crippen molar-refractivity contribution >= 4 is 15.4 Å². The molecule has 3 nitrogen and oxygen atoms in total. The first-order chi connectivity index (χ1) is 8.85. The van der Waals surface area contributed by atoms with E-state index in [0.717, 1.165) is 12.8 Å². The van der Waals surface area contributed by atoms with E-state index in [-0.39, 0.29) is 24.9 Å². The summed E-state index contributed by atoms with van der Waals surface area (Å²) in [6.07, 6.45) is -1.82. The van der Waals surface area contributed by atoms with Gasteiger partial charge in [-0.1, -0.05) is 19.3 Å². The fraction of sp³-hybridized carbons (Fsp3) is 0.917. The number of rotatable bonds is 10. The molecule has 19 heavy (non-hydrogen) atoms. The van der Waals surface area contributed by atoms with E-state index in [9.17, 15) is 18.0 Å². The van der Waals surface area contributed by atoms with Crippen LogP contribution in [0.2, 0.25) is 0 Å². The highest BCUT2D eigenvalue weighted by molar-refractivity contribution is 7.09. The molecule has 0 fully saturated rings. The van der Waals surface area contributed by atoms with Gasteiger partial charge in [0.05, 0.1) is 19.1 Å². The first-order valence-electron chi connectivity index (χ1n) is 6.43. The van der Waals surface area contributed by atoms with Crippen molar-refractivity contribution in [3.63, 3.8) is 0 Å². The summed E-state index contributed by atoms with van der Waals surface area (Å²) in [5.41, 5.74) is 0.